The van der Waals surface area contributed by atoms with Gasteiger partial charge < -0.3 is 20.1 Å². The summed E-state index contributed by atoms with van der Waals surface area (Å²) in [4.78, 5) is 24.7. The zero-order valence-electron chi connectivity index (χ0n) is 18.5. The number of benzene rings is 1. The quantitative estimate of drug-likeness (QED) is 0.776. The summed E-state index contributed by atoms with van der Waals surface area (Å²) in [6, 6.07) is 6.06. The van der Waals surface area contributed by atoms with Gasteiger partial charge in [-0.2, -0.15) is 0 Å². The number of ether oxygens (including phenoxy) is 2. The third-order valence-corrected chi connectivity index (χ3v) is 6.86. The molecule has 4 atom stereocenters. The first kappa shape index (κ1) is 21.0. The van der Waals surface area contributed by atoms with Crippen LogP contribution in [0.5, 0.6) is 11.5 Å². The number of nitrogens with one attached hydrogen (secondary N) is 2. The van der Waals surface area contributed by atoms with Crippen LogP contribution < -0.4 is 20.1 Å². The number of carbonyl (C=O) groups is 2. The van der Waals surface area contributed by atoms with E-state index in [-0.39, 0.29) is 36.1 Å². The molecule has 1 saturated carbocycles. The minimum Gasteiger partial charge on any atom is -0.483 e. The number of rotatable bonds is 5. The molecule has 1 aromatic rings. The summed E-state index contributed by atoms with van der Waals surface area (Å²) in [5.41, 5.74) is 0.866. The van der Waals surface area contributed by atoms with Crippen molar-refractivity contribution in [2.45, 2.75) is 77.5 Å². The molecular weight excluding hydrogens is 380 g/mol. The van der Waals surface area contributed by atoms with Crippen molar-refractivity contribution >= 4 is 11.8 Å². The van der Waals surface area contributed by atoms with Crippen LogP contribution in [-0.4, -0.2) is 36.1 Å². The van der Waals surface area contributed by atoms with E-state index in [1.165, 1.54) is 0 Å². The van der Waals surface area contributed by atoms with Crippen molar-refractivity contribution in [3.8, 4) is 11.5 Å². The number of para-hydroxylation sites is 1. The van der Waals surface area contributed by atoms with Crippen molar-refractivity contribution < 1.29 is 19.1 Å². The monoisotopic (exact) mass is 414 g/mol. The minimum absolute atomic E-state index is 0.0359. The smallest absolute Gasteiger partial charge is 0.258 e. The Labute approximate surface area is 179 Å². The molecule has 2 heterocycles. The van der Waals surface area contributed by atoms with Crippen molar-refractivity contribution in [2.75, 3.05) is 6.61 Å². The van der Waals surface area contributed by atoms with Crippen molar-refractivity contribution in [1.29, 1.82) is 0 Å². The van der Waals surface area contributed by atoms with Gasteiger partial charge in [0.15, 0.2) is 18.1 Å². The van der Waals surface area contributed by atoms with Crippen molar-refractivity contribution in [2.24, 2.45) is 17.8 Å². The zero-order chi connectivity index (χ0) is 21.5. The average Bonchev–Trinajstić information content (AvgIpc) is 2.99. The molecule has 0 spiro atoms. The van der Waals surface area contributed by atoms with Crippen molar-refractivity contribution in [3.63, 3.8) is 0 Å². The summed E-state index contributed by atoms with van der Waals surface area (Å²) >= 11 is 0. The Morgan fingerprint density at radius 3 is 2.90 bits per heavy atom. The first-order chi connectivity index (χ1) is 14.2. The number of amides is 2. The highest BCUT2D eigenvalue weighted by atomic mass is 16.5. The third kappa shape index (κ3) is 4.42. The molecule has 6 heteroatoms. The van der Waals surface area contributed by atoms with Gasteiger partial charge in [0.1, 0.15) is 5.60 Å². The molecule has 2 amide bonds. The van der Waals surface area contributed by atoms with Crippen LogP contribution in [0.4, 0.5) is 0 Å². The van der Waals surface area contributed by atoms with Crippen LogP contribution in [0.3, 0.4) is 0 Å². The first-order valence-electron chi connectivity index (χ1n) is 11.2. The van der Waals surface area contributed by atoms with Gasteiger partial charge in [0.05, 0.1) is 0 Å². The predicted molar refractivity (Wildman–Crippen MR) is 114 cm³/mol. The molecule has 1 saturated heterocycles. The van der Waals surface area contributed by atoms with Gasteiger partial charge in [-0.25, -0.2) is 0 Å². The van der Waals surface area contributed by atoms with Gasteiger partial charge in [0.25, 0.3) is 5.91 Å². The SMILES string of the molecule is CC(C)C1CC(=O)NC2CC(NC(=O)COc3cccc4c3OC(C)(C)C4)CCC21. The second-order valence-corrected chi connectivity index (χ2v) is 10.1. The molecule has 30 heavy (non-hydrogen) atoms. The van der Waals surface area contributed by atoms with Crippen molar-refractivity contribution in [1.82, 2.24) is 10.6 Å². The summed E-state index contributed by atoms with van der Waals surface area (Å²) in [5, 5.41) is 6.27. The Morgan fingerprint density at radius 1 is 1.33 bits per heavy atom. The average molecular weight is 415 g/mol. The zero-order valence-corrected chi connectivity index (χ0v) is 18.5. The Hall–Kier alpha value is -2.24. The molecule has 2 aliphatic heterocycles. The first-order valence-corrected chi connectivity index (χ1v) is 11.2. The molecule has 2 fully saturated rings. The fourth-order valence-electron chi connectivity index (χ4n) is 5.48. The predicted octanol–water partition coefficient (Wildman–Crippen LogP) is 3.22. The van der Waals surface area contributed by atoms with E-state index in [9.17, 15) is 9.59 Å². The maximum atomic E-state index is 12.5. The lowest BCUT2D eigenvalue weighted by molar-refractivity contribution is -0.128. The van der Waals surface area contributed by atoms with E-state index < -0.39 is 0 Å². The van der Waals surface area contributed by atoms with Crippen LogP contribution in [0.15, 0.2) is 18.2 Å². The highest BCUT2D eigenvalue weighted by Gasteiger charge is 2.42. The summed E-state index contributed by atoms with van der Waals surface area (Å²) in [6.45, 7) is 8.47. The van der Waals surface area contributed by atoms with Gasteiger partial charge in [-0.1, -0.05) is 26.0 Å². The van der Waals surface area contributed by atoms with Gasteiger partial charge in [-0.05, 0) is 56.9 Å². The van der Waals surface area contributed by atoms with E-state index in [2.05, 4.69) is 24.5 Å². The van der Waals surface area contributed by atoms with Crippen LogP contribution in [-0.2, 0) is 16.0 Å². The number of piperidine rings is 1. The van der Waals surface area contributed by atoms with Crippen LogP contribution in [0.2, 0.25) is 0 Å². The maximum Gasteiger partial charge on any atom is 0.258 e. The van der Waals surface area contributed by atoms with Crippen LogP contribution >= 0.6 is 0 Å². The Kier molecular flexibility index (Phi) is 5.69. The van der Waals surface area contributed by atoms with E-state index in [0.717, 1.165) is 37.0 Å². The van der Waals surface area contributed by atoms with Gasteiger partial charge in [0, 0.05) is 30.5 Å². The molecule has 4 rings (SSSR count). The fourth-order valence-corrected chi connectivity index (χ4v) is 5.48. The van der Waals surface area contributed by atoms with E-state index in [4.69, 9.17) is 9.47 Å². The maximum absolute atomic E-state index is 12.5. The van der Waals surface area contributed by atoms with Gasteiger partial charge >= 0.3 is 0 Å². The van der Waals surface area contributed by atoms with Crippen LogP contribution in [0.25, 0.3) is 0 Å². The second-order valence-electron chi connectivity index (χ2n) is 10.1. The van der Waals surface area contributed by atoms with E-state index in [0.29, 0.717) is 29.9 Å². The lowest BCUT2D eigenvalue weighted by Gasteiger charge is -2.45. The Balaban J connectivity index is 1.31. The van der Waals surface area contributed by atoms with Gasteiger partial charge in [-0.15, -0.1) is 0 Å². The number of carbonyl (C=O) groups excluding carboxylic acids is 2. The van der Waals surface area contributed by atoms with Gasteiger partial charge in [-0.3, -0.25) is 9.59 Å². The molecule has 1 aliphatic carbocycles. The third-order valence-electron chi connectivity index (χ3n) is 6.86. The largest absolute Gasteiger partial charge is 0.483 e. The minimum atomic E-state index is -0.249. The number of hydrogen-bond donors (Lipinski definition) is 2. The van der Waals surface area contributed by atoms with Crippen LogP contribution in [0.1, 0.15) is 58.9 Å². The molecule has 164 valence electrons. The van der Waals surface area contributed by atoms with E-state index in [1.54, 1.807) is 0 Å². The van der Waals surface area contributed by atoms with Crippen LogP contribution in [0, 0.1) is 17.8 Å². The molecule has 0 aromatic heterocycles. The fraction of sp³-hybridized carbons (Fsp3) is 0.667. The van der Waals surface area contributed by atoms with E-state index >= 15 is 0 Å². The molecule has 3 aliphatic rings. The normalized spacial score (nSPS) is 29.4. The molecule has 0 radical (unpaired) electrons. The van der Waals surface area contributed by atoms with Crippen molar-refractivity contribution in [3.05, 3.63) is 23.8 Å². The molecule has 1 aromatic carbocycles. The number of fused-ring (bicyclic) bond motifs is 2. The number of hydrogen-bond acceptors (Lipinski definition) is 4. The molecular formula is C24H34N2O4. The van der Waals surface area contributed by atoms with E-state index in [1.807, 2.05) is 32.0 Å². The molecule has 6 nitrogen and oxygen atoms in total. The summed E-state index contributed by atoms with van der Waals surface area (Å²) in [5.74, 6) is 2.84. The highest BCUT2D eigenvalue weighted by Crippen LogP contribution is 2.42. The lowest BCUT2D eigenvalue weighted by Crippen LogP contribution is -2.56. The summed E-state index contributed by atoms with van der Waals surface area (Å²) < 4.78 is 11.8. The Bertz CT molecular complexity index is 819. The summed E-state index contributed by atoms with van der Waals surface area (Å²) in [6.07, 6.45) is 4.24. The Morgan fingerprint density at radius 2 is 2.13 bits per heavy atom. The lowest BCUT2D eigenvalue weighted by atomic mass is 9.67. The highest BCUT2D eigenvalue weighted by molar-refractivity contribution is 5.78. The van der Waals surface area contributed by atoms with Gasteiger partial charge in [0.2, 0.25) is 5.91 Å². The standard InChI is InChI=1S/C24H34N2O4/c1-14(2)18-11-21(27)26-19-10-16(8-9-17(18)19)25-22(28)13-29-20-7-5-6-15-12-24(3,4)30-23(15)20/h5-7,14,16-19H,8-13H2,1-4H3,(H,25,28)(H,26,27). The molecule has 0 bridgehead atoms. The summed E-state index contributed by atoms with van der Waals surface area (Å²) in [7, 11) is 0. The molecule has 2 N–H and O–H groups in total. The topological polar surface area (TPSA) is 76.7 Å². The second kappa shape index (κ2) is 8.12. The molecule has 4 unspecified atom stereocenters.